The van der Waals surface area contributed by atoms with Crippen molar-refractivity contribution in [2.75, 3.05) is 6.61 Å². The summed E-state index contributed by atoms with van der Waals surface area (Å²) in [6, 6.07) is 0. The molecule has 1 heterocycles. The molecular formula is C8H11N3O4S. The Hall–Kier alpha value is -1.67. The molecule has 88 valence electrons. The molecule has 0 aliphatic carbocycles. The fraction of sp³-hybridized carbons (Fsp3) is 0.250. The molecule has 1 aromatic rings. The topological polar surface area (TPSA) is 104 Å². The molecular weight excluding hydrogens is 234 g/mol. The second-order valence-electron chi connectivity index (χ2n) is 2.92. The number of aromatic nitrogens is 2. The van der Waals surface area contributed by atoms with E-state index in [1.54, 1.807) is 0 Å². The Morgan fingerprint density at radius 2 is 2.38 bits per heavy atom. The van der Waals surface area contributed by atoms with Gasteiger partial charge in [-0.05, 0) is 0 Å². The van der Waals surface area contributed by atoms with Crippen LogP contribution in [0.3, 0.4) is 0 Å². The van der Waals surface area contributed by atoms with Crippen LogP contribution in [0.25, 0.3) is 0 Å². The molecule has 0 atom stereocenters. The molecule has 0 aliphatic heterocycles. The minimum absolute atomic E-state index is 0.0161. The van der Waals surface area contributed by atoms with Crippen LogP contribution >= 0.6 is 0 Å². The van der Waals surface area contributed by atoms with E-state index in [0.717, 1.165) is 10.9 Å². The predicted molar refractivity (Wildman–Crippen MR) is 55.1 cm³/mol. The van der Waals surface area contributed by atoms with Crippen molar-refractivity contribution in [3.8, 4) is 0 Å². The lowest BCUT2D eigenvalue weighted by atomic mass is 10.4. The zero-order valence-electron chi connectivity index (χ0n) is 8.58. The summed E-state index contributed by atoms with van der Waals surface area (Å²) in [5.41, 5.74) is -0.188. The molecule has 1 rings (SSSR count). The van der Waals surface area contributed by atoms with Crippen LogP contribution in [0.1, 0.15) is 10.4 Å². The molecule has 0 saturated carbocycles. The third-order valence-corrected chi connectivity index (χ3v) is 2.73. The third-order valence-electron chi connectivity index (χ3n) is 1.71. The summed E-state index contributed by atoms with van der Waals surface area (Å²) in [7, 11) is -2.65. The summed E-state index contributed by atoms with van der Waals surface area (Å²) >= 11 is 0. The van der Waals surface area contributed by atoms with Crippen molar-refractivity contribution in [3.05, 3.63) is 24.4 Å². The van der Waals surface area contributed by atoms with Gasteiger partial charge in [0.05, 0.1) is 6.20 Å². The molecule has 0 aromatic carbocycles. The van der Waals surface area contributed by atoms with Gasteiger partial charge in [0, 0.05) is 7.05 Å². The largest absolute Gasteiger partial charge is 0.458 e. The monoisotopic (exact) mass is 245 g/mol. The standard InChI is InChI=1S/C8H11N3O4S/c1-3-4-15-8(12)6-5-10-11(2)7(6)16(9,13)14/h3,5H,1,4H2,2H3,(H2,9,13,14). The summed E-state index contributed by atoms with van der Waals surface area (Å²) < 4.78 is 28.1. The Morgan fingerprint density at radius 1 is 1.75 bits per heavy atom. The highest BCUT2D eigenvalue weighted by atomic mass is 32.2. The number of primary sulfonamides is 1. The lowest BCUT2D eigenvalue weighted by Gasteiger charge is -2.03. The van der Waals surface area contributed by atoms with Crippen molar-refractivity contribution in [3.63, 3.8) is 0 Å². The molecule has 8 heteroatoms. The van der Waals surface area contributed by atoms with Gasteiger partial charge in [0.25, 0.3) is 10.0 Å². The van der Waals surface area contributed by atoms with E-state index in [4.69, 9.17) is 9.88 Å². The number of ether oxygens (including phenoxy) is 1. The van der Waals surface area contributed by atoms with E-state index < -0.39 is 16.0 Å². The Morgan fingerprint density at radius 3 is 2.88 bits per heavy atom. The zero-order valence-corrected chi connectivity index (χ0v) is 9.40. The smallest absolute Gasteiger partial charge is 0.343 e. The highest BCUT2D eigenvalue weighted by Crippen LogP contribution is 2.13. The van der Waals surface area contributed by atoms with Gasteiger partial charge in [-0.1, -0.05) is 12.7 Å². The lowest BCUT2D eigenvalue weighted by molar-refractivity contribution is 0.0544. The zero-order chi connectivity index (χ0) is 12.3. The van der Waals surface area contributed by atoms with Crippen LogP contribution in [0.2, 0.25) is 0 Å². The van der Waals surface area contributed by atoms with Crippen LogP contribution in [-0.4, -0.2) is 30.8 Å². The van der Waals surface area contributed by atoms with E-state index in [-0.39, 0.29) is 17.2 Å². The van der Waals surface area contributed by atoms with Crippen molar-refractivity contribution >= 4 is 16.0 Å². The number of sulfonamides is 1. The predicted octanol–water partition coefficient (Wildman–Crippen LogP) is -0.590. The van der Waals surface area contributed by atoms with Crippen LogP contribution < -0.4 is 5.14 Å². The minimum atomic E-state index is -4.02. The van der Waals surface area contributed by atoms with Crippen LogP contribution in [-0.2, 0) is 21.8 Å². The second kappa shape index (κ2) is 4.45. The van der Waals surface area contributed by atoms with E-state index in [2.05, 4.69) is 11.7 Å². The molecule has 0 amide bonds. The van der Waals surface area contributed by atoms with Gasteiger partial charge in [-0.2, -0.15) is 5.10 Å². The number of nitrogens with zero attached hydrogens (tertiary/aromatic N) is 2. The quantitative estimate of drug-likeness (QED) is 0.564. The van der Waals surface area contributed by atoms with Gasteiger partial charge < -0.3 is 4.74 Å². The van der Waals surface area contributed by atoms with E-state index in [1.165, 1.54) is 13.1 Å². The number of nitrogens with two attached hydrogens (primary N) is 1. The van der Waals surface area contributed by atoms with Gasteiger partial charge in [-0.3, -0.25) is 4.68 Å². The number of esters is 1. The van der Waals surface area contributed by atoms with Crippen molar-refractivity contribution < 1.29 is 17.9 Å². The molecule has 0 aliphatic rings. The van der Waals surface area contributed by atoms with Gasteiger partial charge in [-0.25, -0.2) is 18.4 Å². The summed E-state index contributed by atoms with van der Waals surface area (Å²) in [6.07, 6.45) is 2.45. The van der Waals surface area contributed by atoms with E-state index in [0.29, 0.717) is 0 Å². The first kappa shape index (κ1) is 12.4. The number of hydrogen-bond acceptors (Lipinski definition) is 5. The first-order valence-corrected chi connectivity index (χ1v) is 5.75. The maximum atomic E-state index is 11.4. The molecule has 1 aromatic heterocycles. The second-order valence-corrected chi connectivity index (χ2v) is 4.40. The van der Waals surface area contributed by atoms with Crippen LogP contribution in [0, 0.1) is 0 Å². The third kappa shape index (κ3) is 2.47. The number of rotatable bonds is 4. The maximum Gasteiger partial charge on any atom is 0.343 e. The highest BCUT2D eigenvalue weighted by molar-refractivity contribution is 7.89. The molecule has 0 radical (unpaired) electrons. The molecule has 0 spiro atoms. The average Bonchev–Trinajstić information content (AvgIpc) is 2.56. The van der Waals surface area contributed by atoms with Gasteiger partial charge in [0.15, 0.2) is 5.03 Å². The molecule has 0 fully saturated rings. The minimum Gasteiger partial charge on any atom is -0.458 e. The van der Waals surface area contributed by atoms with Gasteiger partial charge in [0.2, 0.25) is 0 Å². The Bertz CT molecular complexity index is 517. The molecule has 0 unspecified atom stereocenters. The number of aryl methyl sites for hydroxylation is 1. The Kier molecular flexibility index (Phi) is 3.45. The first-order valence-electron chi connectivity index (χ1n) is 4.20. The first-order chi connectivity index (χ1) is 7.38. The molecule has 2 N–H and O–H groups in total. The summed E-state index contributed by atoms with van der Waals surface area (Å²) in [6.45, 7) is 3.35. The summed E-state index contributed by atoms with van der Waals surface area (Å²) in [5.74, 6) is -0.808. The maximum absolute atomic E-state index is 11.4. The Balaban J connectivity index is 3.16. The molecule has 7 nitrogen and oxygen atoms in total. The fourth-order valence-electron chi connectivity index (χ4n) is 1.12. The van der Waals surface area contributed by atoms with Crippen LogP contribution in [0.15, 0.2) is 23.9 Å². The van der Waals surface area contributed by atoms with Crippen LogP contribution in [0.5, 0.6) is 0 Å². The van der Waals surface area contributed by atoms with Crippen LogP contribution in [0.4, 0.5) is 0 Å². The SMILES string of the molecule is C=CCOC(=O)c1cnn(C)c1S(N)(=O)=O. The highest BCUT2D eigenvalue weighted by Gasteiger charge is 2.25. The molecule has 0 bridgehead atoms. The number of carbonyl (C=O) groups excluding carboxylic acids is 1. The Labute approximate surface area is 92.5 Å². The average molecular weight is 245 g/mol. The van der Waals surface area contributed by atoms with Crippen molar-refractivity contribution in [2.24, 2.45) is 12.2 Å². The van der Waals surface area contributed by atoms with Gasteiger partial charge >= 0.3 is 5.97 Å². The molecule has 0 saturated heterocycles. The molecule has 16 heavy (non-hydrogen) atoms. The van der Waals surface area contributed by atoms with Crippen molar-refractivity contribution in [1.29, 1.82) is 0 Å². The van der Waals surface area contributed by atoms with Crippen molar-refractivity contribution in [2.45, 2.75) is 5.03 Å². The van der Waals surface area contributed by atoms with E-state index in [1.807, 2.05) is 0 Å². The van der Waals surface area contributed by atoms with Crippen molar-refractivity contribution in [1.82, 2.24) is 9.78 Å². The number of carbonyl (C=O) groups is 1. The van der Waals surface area contributed by atoms with Gasteiger partial charge in [0.1, 0.15) is 12.2 Å². The van der Waals surface area contributed by atoms with E-state index in [9.17, 15) is 13.2 Å². The summed E-state index contributed by atoms with van der Waals surface area (Å²) in [5, 5.41) is 8.22. The number of hydrogen-bond donors (Lipinski definition) is 1. The summed E-state index contributed by atoms with van der Waals surface area (Å²) in [4.78, 5) is 11.4. The van der Waals surface area contributed by atoms with Gasteiger partial charge in [-0.15, -0.1) is 0 Å². The fourth-order valence-corrected chi connectivity index (χ4v) is 1.97. The normalized spacial score (nSPS) is 11.1. The van der Waals surface area contributed by atoms with E-state index >= 15 is 0 Å². The lowest BCUT2D eigenvalue weighted by Crippen LogP contribution is -2.20.